The Bertz CT molecular complexity index is 499. The maximum absolute atomic E-state index is 12.4. The summed E-state index contributed by atoms with van der Waals surface area (Å²) in [5.41, 5.74) is 0.974. The first-order valence-electron chi connectivity index (χ1n) is 8.01. The Kier molecular flexibility index (Phi) is 6.88. The molecule has 1 N–H and O–H groups in total. The number of hydrogen-bond donors (Lipinski definition) is 1. The highest BCUT2D eigenvalue weighted by Gasteiger charge is 2.31. The number of carbonyl (C=O) groups excluding carboxylic acids is 1. The molecule has 1 unspecified atom stereocenters. The van der Waals surface area contributed by atoms with Gasteiger partial charge in [0.1, 0.15) is 11.4 Å². The lowest BCUT2D eigenvalue weighted by atomic mass is 10.0. The summed E-state index contributed by atoms with van der Waals surface area (Å²) in [6.07, 6.45) is 0.626. The highest BCUT2D eigenvalue weighted by molar-refractivity contribution is 5.97. The minimum Gasteiger partial charge on any atom is -0.493 e. The molecule has 0 aliphatic rings. The molecule has 0 bridgehead atoms. The monoisotopic (exact) mass is 307 g/mol. The van der Waals surface area contributed by atoms with Gasteiger partial charge in [0.05, 0.1) is 6.61 Å². The second-order valence-corrected chi connectivity index (χ2v) is 6.16. The molecule has 0 radical (unpaired) electrons. The van der Waals surface area contributed by atoms with Crippen LogP contribution in [0, 0.1) is 12.8 Å². The summed E-state index contributed by atoms with van der Waals surface area (Å²) >= 11 is 0. The SMILES string of the molecule is CCOC(C)(CC)C(=O)Nc1ccc(OCC(C)C)c(C)c1. The Labute approximate surface area is 134 Å². The summed E-state index contributed by atoms with van der Waals surface area (Å²) in [6, 6.07) is 5.69. The van der Waals surface area contributed by atoms with E-state index in [2.05, 4.69) is 19.2 Å². The molecule has 0 aromatic heterocycles. The molecule has 0 saturated carbocycles. The summed E-state index contributed by atoms with van der Waals surface area (Å²) in [5, 5.41) is 2.93. The van der Waals surface area contributed by atoms with Gasteiger partial charge in [-0.25, -0.2) is 0 Å². The zero-order valence-corrected chi connectivity index (χ0v) is 14.7. The first-order chi connectivity index (χ1) is 10.3. The molecule has 124 valence electrons. The van der Waals surface area contributed by atoms with E-state index in [1.807, 2.05) is 45.9 Å². The molecule has 1 rings (SSSR count). The summed E-state index contributed by atoms with van der Waals surface area (Å²) in [7, 11) is 0. The first kappa shape index (κ1) is 18.5. The Morgan fingerprint density at radius 2 is 2.00 bits per heavy atom. The second kappa shape index (κ2) is 8.18. The summed E-state index contributed by atoms with van der Waals surface area (Å²) in [6.45, 7) is 13.1. The van der Waals surface area contributed by atoms with Crippen LogP contribution in [0.3, 0.4) is 0 Å². The van der Waals surface area contributed by atoms with E-state index < -0.39 is 5.60 Å². The number of benzene rings is 1. The average molecular weight is 307 g/mol. The van der Waals surface area contributed by atoms with Crippen LogP contribution >= 0.6 is 0 Å². The largest absolute Gasteiger partial charge is 0.493 e. The van der Waals surface area contributed by atoms with Crippen molar-refractivity contribution >= 4 is 11.6 Å². The van der Waals surface area contributed by atoms with E-state index in [-0.39, 0.29) is 5.91 Å². The molecule has 0 spiro atoms. The van der Waals surface area contributed by atoms with Crippen molar-refractivity contribution in [3.8, 4) is 5.75 Å². The van der Waals surface area contributed by atoms with Crippen LogP contribution in [0.5, 0.6) is 5.75 Å². The molecular weight excluding hydrogens is 278 g/mol. The summed E-state index contributed by atoms with van der Waals surface area (Å²) in [5.74, 6) is 1.22. The van der Waals surface area contributed by atoms with Gasteiger partial charge in [-0.1, -0.05) is 20.8 Å². The number of carbonyl (C=O) groups is 1. The zero-order valence-electron chi connectivity index (χ0n) is 14.7. The lowest BCUT2D eigenvalue weighted by Crippen LogP contribution is -2.42. The lowest BCUT2D eigenvalue weighted by Gasteiger charge is -2.27. The third-order valence-electron chi connectivity index (χ3n) is 3.62. The van der Waals surface area contributed by atoms with E-state index in [4.69, 9.17) is 9.47 Å². The average Bonchev–Trinajstić information content (AvgIpc) is 2.46. The van der Waals surface area contributed by atoms with E-state index >= 15 is 0 Å². The van der Waals surface area contributed by atoms with Gasteiger partial charge in [-0.15, -0.1) is 0 Å². The van der Waals surface area contributed by atoms with E-state index in [0.717, 1.165) is 17.0 Å². The Balaban J connectivity index is 2.78. The van der Waals surface area contributed by atoms with Gasteiger partial charge >= 0.3 is 0 Å². The van der Waals surface area contributed by atoms with E-state index in [1.165, 1.54) is 0 Å². The Morgan fingerprint density at radius 3 is 2.50 bits per heavy atom. The van der Waals surface area contributed by atoms with Crippen molar-refractivity contribution in [2.75, 3.05) is 18.5 Å². The number of aryl methyl sites for hydroxylation is 1. The van der Waals surface area contributed by atoms with Crippen LogP contribution in [0.1, 0.15) is 46.6 Å². The molecule has 0 saturated heterocycles. The number of anilines is 1. The van der Waals surface area contributed by atoms with Crippen molar-refractivity contribution in [3.05, 3.63) is 23.8 Å². The fourth-order valence-electron chi connectivity index (χ4n) is 2.06. The van der Waals surface area contributed by atoms with Crippen molar-refractivity contribution < 1.29 is 14.3 Å². The number of rotatable bonds is 8. The van der Waals surface area contributed by atoms with E-state index in [0.29, 0.717) is 25.6 Å². The highest BCUT2D eigenvalue weighted by Crippen LogP contribution is 2.24. The smallest absolute Gasteiger partial charge is 0.256 e. The van der Waals surface area contributed by atoms with Crippen LogP contribution in [0.15, 0.2) is 18.2 Å². The minimum atomic E-state index is -0.796. The molecule has 4 heteroatoms. The number of ether oxygens (including phenoxy) is 2. The van der Waals surface area contributed by atoms with Gasteiger partial charge in [0.15, 0.2) is 0 Å². The van der Waals surface area contributed by atoms with Gasteiger partial charge in [-0.3, -0.25) is 4.79 Å². The number of amides is 1. The van der Waals surface area contributed by atoms with Gasteiger partial charge in [0.2, 0.25) is 0 Å². The van der Waals surface area contributed by atoms with Crippen molar-refractivity contribution in [1.82, 2.24) is 0 Å². The van der Waals surface area contributed by atoms with Crippen LogP contribution in [-0.2, 0) is 9.53 Å². The predicted molar refractivity (Wildman–Crippen MR) is 90.5 cm³/mol. The maximum Gasteiger partial charge on any atom is 0.256 e. The van der Waals surface area contributed by atoms with Crippen LogP contribution in [0.2, 0.25) is 0 Å². The third kappa shape index (κ3) is 5.02. The highest BCUT2D eigenvalue weighted by atomic mass is 16.5. The van der Waals surface area contributed by atoms with Gasteiger partial charge in [0.25, 0.3) is 5.91 Å². The van der Waals surface area contributed by atoms with Gasteiger partial charge in [-0.2, -0.15) is 0 Å². The van der Waals surface area contributed by atoms with Crippen molar-refractivity contribution in [2.45, 2.75) is 53.6 Å². The summed E-state index contributed by atoms with van der Waals surface area (Å²) in [4.78, 5) is 12.4. The first-order valence-corrected chi connectivity index (χ1v) is 8.01. The van der Waals surface area contributed by atoms with Gasteiger partial charge < -0.3 is 14.8 Å². The van der Waals surface area contributed by atoms with Gasteiger partial charge in [-0.05, 0) is 56.9 Å². The Hall–Kier alpha value is -1.55. The third-order valence-corrected chi connectivity index (χ3v) is 3.62. The topological polar surface area (TPSA) is 47.6 Å². The van der Waals surface area contributed by atoms with Crippen molar-refractivity contribution in [1.29, 1.82) is 0 Å². The number of nitrogens with one attached hydrogen (secondary N) is 1. The quantitative estimate of drug-likeness (QED) is 0.784. The lowest BCUT2D eigenvalue weighted by molar-refractivity contribution is -0.139. The molecule has 0 heterocycles. The molecule has 4 nitrogen and oxygen atoms in total. The van der Waals surface area contributed by atoms with Gasteiger partial charge in [0, 0.05) is 12.3 Å². The molecule has 0 aliphatic carbocycles. The van der Waals surface area contributed by atoms with E-state index in [1.54, 1.807) is 0 Å². The predicted octanol–water partition coefficient (Wildman–Crippen LogP) is 4.17. The van der Waals surface area contributed by atoms with Crippen LogP contribution in [-0.4, -0.2) is 24.7 Å². The van der Waals surface area contributed by atoms with E-state index in [9.17, 15) is 4.79 Å². The molecule has 22 heavy (non-hydrogen) atoms. The van der Waals surface area contributed by atoms with Crippen LogP contribution < -0.4 is 10.1 Å². The fourth-order valence-corrected chi connectivity index (χ4v) is 2.06. The zero-order chi connectivity index (χ0) is 16.8. The standard InChI is InChI=1S/C18H29NO3/c1-7-18(6,22-8-2)17(20)19-15-9-10-16(14(5)11-15)21-12-13(3)4/h9-11,13H,7-8,12H2,1-6H3,(H,19,20). The molecule has 1 aromatic rings. The molecule has 1 amide bonds. The normalized spacial score (nSPS) is 13.8. The van der Waals surface area contributed by atoms with Crippen molar-refractivity contribution in [3.63, 3.8) is 0 Å². The summed E-state index contributed by atoms with van der Waals surface area (Å²) < 4.78 is 11.3. The maximum atomic E-state index is 12.4. The second-order valence-electron chi connectivity index (χ2n) is 6.16. The fraction of sp³-hybridized carbons (Fsp3) is 0.611. The molecule has 0 fully saturated rings. The minimum absolute atomic E-state index is 0.118. The molecule has 1 aromatic carbocycles. The molecular formula is C18H29NO3. The van der Waals surface area contributed by atoms with Crippen LogP contribution in [0.4, 0.5) is 5.69 Å². The van der Waals surface area contributed by atoms with Crippen molar-refractivity contribution in [2.24, 2.45) is 5.92 Å². The number of hydrogen-bond acceptors (Lipinski definition) is 3. The molecule has 1 atom stereocenters. The Morgan fingerprint density at radius 1 is 1.32 bits per heavy atom. The van der Waals surface area contributed by atoms with Crippen LogP contribution in [0.25, 0.3) is 0 Å². The molecule has 0 aliphatic heterocycles.